The van der Waals surface area contributed by atoms with E-state index in [4.69, 9.17) is 5.73 Å². The Morgan fingerprint density at radius 1 is 1.27 bits per heavy atom. The van der Waals surface area contributed by atoms with Crippen molar-refractivity contribution in [2.75, 3.05) is 0 Å². The minimum Gasteiger partial charge on any atom is -0.324 e. The lowest BCUT2D eigenvalue weighted by atomic mass is 10.1. The van der Waals surface area contributed by atoms with Gasteiger partial charge in [-0.05, 0) is 31.5 Å². The second-order valence-electron chi connectivity index (χ2n) is 3.72. The van der Waals surface area contributed by atoms with Crippen molar-refractivity contribution in [3.63, 3.8) is 0 Å². The van der Waals surface area contributed by atoms with Gasteiger partial charge < -0.3 is 10.3 Å². The molecule has 0 spiro atoms. The van der Waals surface area contributed by atoms with Crippen molar-refractivity contribution in [3.05, 3.63) is 48.0 Å². The van der Waals surface area contributed by atoms with Crippen LogP contribution in [-0.4, -0.2) is 9.55 Å². The lowest BCUT2D eigenvalue weighted by Gasteiger charge is -2.08. The third-order valence-corrected chi connectivity index (χ3v) is 2.52. The summed E-state index contributed by atoms with van der Waals surface area (Å²) in [5.41, 5.74) is 8.06. The lowest BCUT2D eigenvalue weighted by molar-refractivity contribution is 0.817. The van der Waals surface area contributed by atoms with Crippen molar-refractivity contribution in [2.24, 2.45) is 5.73 Å². The van der Waals surface area contributed by atoms with Crippen LogP contribution in [0.3, 0.4) is 0 Å². The van der Waals surface area contributed by atoms with Gasteiger partial charge in [-0.25, -0.2) is 4.98 Å². The Kier molecular flexibility index (Phi) is 2.56. The van der Waals surface area contributed by atoms with E-state index in [9.17, 15) is 0 Å². The van der Waals surface area contributed by atoms with E-state index in [0.29, 0.717) is 0 Å². The van der Waals surface area contributed by atoms with E-state index in [0.717, 1.165) is 17.1 Å². The number of benzene rings is 1. The van der Waals surface area contributed by atoms with Crippen molar-refractivity contribution < 1.29 is 0 Å². The fourth-order valence-corrected chi connectivity index (χ4v) is 1.59. The topological polar surface area (TPSA) is 43.8 Å². The first-order chi connectivity index (χ1) is 7.18. The highest BCUT2D eigenvalue weighted by Crippen LogP contribution is 2.14. The molecule has 2 N–H and O–H groups in total. The molecular formula is C12H15N3. The maximum Gasteiger partial charge on any atom is 0.110 e. The summed E-state index contributed by atoms with van der Waals surface area (Å²) in [6, 6.07) is 8.32. The van der Waals surface area contributed by atoms with Crippen LogP contribution in [0, 0.1) is 6.92 Å². The Hall–Kier alpha value is -1.61. The van der Waals surface area contributed by atoms with Crippen LogP contribution in [-0.2, 0) is 0 Å². The number of hydrogen-bond acceptors (Lipinski definition) is 2. The van der Waals surface area contributed by atoms with Gasteiger partial charge in [0.1, 0.15) is 5.82 Å². The fraction of sp³-hybridized carbons (Fsp3) is 0.250. The molecule has 1 heterocycles. The number of nitrogens with zero attached hydrogens (tertiary/aromatic N) is 2. The van der Waals surface area contributed by atoms with E-state index < -0.39 is 0 Å². The summed E-state index contributed by atoms with van der Waals surface area (Å²) < 4.78 is 2.05. The molecule has 0 fully saturated rings. The molecular weight excluding hydrogens is 186 g/mol. The summed E-state index contributed by atoms with van der Waals surface area (Å²) in [6.45, 7) is 3.97. The largest absolute Gasteiger partial charge is 0.324 e. The number of aryl methyl sites for hydroxylation is 1. The van der Waals surface area contributed by atoms with E-state index >= 15 is 0 Å². The van der Waals surface area contributed by atoms with Gasteiger partial charge in [-0.1, -0.05) is 12.1 Å². The van der Waals surface area contributed by atoms with Crippen LogP contribution in [0.1, 0.15) is 24.4 Å². The molecule has 15 heavy (non-hydrogen) atoms. The lowest BCUT2D eigenvalue weighted by Crippen LogP contribution is -2.05. The summed E-state index contributed by atoms with van der Waals surface area (Å²) in [5.74, 6) is 0.989. The van der Waals surface area contributed by atoms with E-state index in [1.165, 1.54) is 0 Å². The molecule has 2 aromatic rings. The monoisotopic (exact) mass is 201 g/mol. The van der Waals surface area contributed by atoms with Gasteiger partial charge in [-0.3, -0.25) is 0 Å². The molecule has 0 bridgehead atoms. The van der Waals surface area contributed by atoms with E-state index in [-0.39, 0.29) is 6.04 Å². The molecule has 2 rings (SSSR count). The predicted molar refractivity (Wildman–Crippen MR) is 60.9 cm³/mol. The molecule has 1 atom stereocenters. The Bertz CT molecular complexity index is 440. The van der Waals surface area contributed by atoms with Crippen LogP contribution in [0.15, 0.2) is 36.7 Å². The zero-order chi connectivity index (χ0) is 10.8. The first-order valence-corrected chi connectivity index (χ1v) is 5.04. The van der Waals surface area contributed by atoms with Gasteiger partial charge in [-0.15, -0.1) is 0 Å². The van der Waals surface area contributed by atoms with Crippen molar-refractivity contribution in [2.45, 2.75) is 19.9 Å². The van der Waals surface area contributed by atoms with Gasteiger partial charge in [0.05, 0.1) is 0 Å². The smallest absolute Gasteiger partial charge is 0.110 e. The molecule has 0 aliphatic carbocycles. The standard InChI is InChI=1S/C12H15N3/c1-9(13)11-3-5-12(6-4-11)15-8-7-14-10(15)2/h3-9H,13H2,1-2H3. The third-order valence-electron chi connectivity index (χ3n) is 2.52. The molecule has 0 saturated carbocycles. The minimum atomic E-state index is 0.0861. The van der Waals surface area contributed by atoms with Gasteiger partial charge >= 0.3 is 0 Å². The van der Waals surface area contributed by atoms with Crippen LogP contribution in [0.2, 0.25) is 0 Å². The zero-order valence-electron chi connectivity index (χ0n) is 9.01. The van der Waals surface area contributed by atoms with E-state index in [1.54, 1.807) is 6.20 Å². The zero-order valence-corrected chi connectivity index (χ0v) is 9.01. The Morgan fingerprint density at radius 3 is 2.40 bits per heavy atom. The molecule has 0 saturated heterocycles. The molecule has 0 aliphatic rings. The summed E-state index contributed by atoms with van der Waals surface area (Å²) in [4.78, 5) is 4.19. The van der Waals surface area contributed by atoms with Crippen molar-refractivity contribution in [3.8, 4) is 5.69 Å². The molecule has 0 radical (unpaired) electrons. The Balaban J connectivity index is 2.36. The first kappa shape index (κ1) is 9.93. The van der Waals surface area contributed by atoms with Gasteiger partial charge in [0, 0.05) is 24.1 Å². The molecule has 3 nitrogen and oxygen atoms in total. The highest BCUT2D eigenvalue weighted by atomic mass is 15.1. The number of nitrogens with two attached hydrogens (primary N) is 1. The number of hydrogen-bond donors (Lipinski definition) is 1. The highest BCUT2D eigenvalue weighted by molar-refractivity contribution is 5.36. The number of rotatable bonds is 2. The number of aromatic nitrogens is 2. The van der Waals surface area contributed by atoms with Crippen LogP contribution in [0.4, 0.5) is 0 Å². The molecule has 1 aromatic carbocycles. The minimum absolute atomic E-state index is 0.0861. The molecule has 3 heteroatoms. The molecule has 0 amide bonds. The summed E-state index contributed by atoms with van der Waals surface area (Å²) in [7, 11) is 0. The highest BCUT2D eigenvalue weighted by Gasteiger charge is 2.02. The second kappa shape index (κ2) is 3.87. The Morgan fingerprint density at radius 2 is 1.93 bits per heavy atom. The van der Waals surface area contributed by atoms with E-state index in [2.05, 4.69) is 29.2 Å². The van der Waals surface area contributed by atoms with E-state index in [1.807, 2.05) is 24.6 Å². The first-order valence-electron chi connectivity index (χ1n) is 5.04. The van der Waals surface area contributed by atoms with Crippen molar-refractivity contribution >= 4 is 0 Å². The van der Waals surface area contributed by atoms with Crippen molar-refractivity contribution in [1.82, 2.24) is 9.55 Å². The fourth-order valence-electron chi connectivity index (χ4n) is 1.59. The maximum absolute atomic E-state index is 5.79. The van der Waals surface area contributed by atoms with Gasteiger partial charge in [0.15, 0.2) is 0 Å². The average molecular weight is 201 g/mol. The molecule has 1 aromatic heterocycles. The summed E-state index contributed by atoms with van der Waals surface area (Å²) in [5, 5.41) is 0. The van der Waals surface area contributed by atoms with Crippen LogP contribution in [0.25, 0.3) is 5.69 Å². The number of imidazole rings is 1. The third kappa shape index (κ3) is 1.92. The predicted octanol–water partition coefficient (Wildman–Crippen LogP) is 2.20. The van der Waals surface area contributed by atoms with Gasteiger partial charge in [0.25, 0.3) is 0 Å². The van der Waals surface area contributed by atoms with Gasteiger partial charge in [-0.2, -0.15) is 0 Å². The normalized spacial score (nSPS) is 12.7. The summed E-state index contributed by atoms with van der Waals surface area (Å²) in [6.07, 6.45) is 3.75. The molecule has 1 unspecified atom stereocenters. The molecule has 0 aliphatic heterocycles. The van der Waals surface area contributed by atoms with Crippen LogP contribution < -0.4 is 5.73 Å². The SMILES string of the molecule is Cc1nccn1-c1ccc(C(C)N)cc1. The van der Waals surface area contributed by atoms with Crippen molar-refractivity contribution in [1.29, 1.82) is 0 Å². The van der Waals surface area contributed by atoms with Gasteiger partial charge in [0.2, 0.25) is 0 Å². The van der Waals surface area contributed by atoms with Crippen LogP contribution in [0.5, 0.6) is 0 Å². The average Bonchev–Trinajstić information content (AvgIpc) is 2.65. The second-order valence-corrected chi connectivity index (χ2v) is 3.72. The Labute approximate surface area is 89.6 Å². The summed E-state index contributed by atoms with van der Waals surface area (Å²) >= 11 is 0. The molecule has 78 valence electrons. The van der Waals surface area contributed by atoms with Crippen LogP contribution >= 0.6 is 0 Å². The maximum atomic E-state index is 5.79. The quantitative estimate of drug-likeness (QED) is 0.809.